The average molecular weight is 244 g/mol. The van der Waals surface area contributed by atoms with E-state index in [2.05, 4.69) is 11.9 Å². The summed E-state index contributed by atoms with van der Waals surface area (Å²) in [5.74, 6) is 0. The summed E-state index contributed by atoms with van der Waals surface area (Å²) in [6.45, 7) is 4.11. The second-order valence-electron chi connectivity index (χ2n) is 4.53. The second-order valence-corrected chi connectivity index (χ2v) is 4.53. The molecule has 94 valence electrons. The fourth-order valence-electron chi connectivity index (χ4n) is 2.24. The van der Waals surface area contributed by atoms with E-state index in [-0.39, 0.29) is 11.7 Å². The molecule has 0 aliphatic carbocycles. The Morgan fingerprint density at radius 2 is 2.28 bits per heavy atom. The molecule has 0 saturated carbocycles. The third-order valence-electron chi connectivity index (χ3n) is 3.21. The van der Waals surface area contributed by atoms with Gasteiger partial charge in [-0.05, 0) is 19.4 Å². The highest BCUT2D eigenvalue weighted by Gasteiger charge is 2.16. The number of hydrogen-bond donors (Lipinski definition) is 0. The molecule has 0 saturated heterocycles. The van der Waals surface area contributed by atoms with E-state index < -0.39 is 0 Å². The second kappa shape index (κ2) is 4.65. The lowest BCUT2D eigenvalue weighted by Crippen LogP contribution is -2.25. The molecule has 0 fully saturated rings. The zero-order chi connectivity index (χ0) is 13.3. The Bertz CT molecular complexity index is 675. The number of imidazole rings is 1. The van der Waals surface area contributed by atoms with E-state index >= 15 is 0 Å². The van der Waals surface area contributed by atoms with Crippen LogP contribution in [0.1, 0.15) is 38.3 Å². The highest BCUT2D eigenvalue weighted by Crippen LogP contribution is 2.18. The Labute approximate surface area is 105 Å². The standard InChI is InChI=1S/C13H16N4O/c1-4-5-9(2)17-12-11(16(3)13(17)18)6-10(7-14)8-15-12/h6,8-9H,4-5H2,1-3H3. The van der Waals surface area contributed by atoms with Gasteiger partial charge in [-0.15, -0.1) is 0 Å². The first-order valence-electron chi connectivity index (χ1n) is 6.07. The monoisotopic (exact) mass is 244 g/mol. The van der Waals surface area contributed by atoms with Gasteiger partial charge in [0.05, 0.1) is 11.1 Å². The maximum atomic E-state index is 12.2. The van der Waals surface area contributed by atoms with Crippen molar-refractivity contribution in [3.05, 3.63) is 28.3 Å². The van der Waals surface area contributed by atoms with Gasteiger partial charge in [0.25, 0.3) is 0 Å². The molecule has 1 atom stereocenters. The Balaban J connectivity index is 2.72. The van der Waals surface area contributed by atoms with Gasteiger partial charge in [0.1, 0.15) is 6.07 Å². The molecule has 0 aromatic carbocycles. The molecule has 1 unspecified atom stereocenters. The van der Waals surface area contributed by atoms with Crippen molar-refractivity contribution < 1.29 is 0 Å². The molecule has 5 nitrogen and oxygen atoms in total. The van der Waals surface area contributed by atoms with E-state index in [0.717, 1.165) is 12.8 Å². The van der Waals surface area contributed by atoms with Crippen LogP contribution in [0.4, 0.5) is 0 Å². The van der Waals surface area contributed by atoms with Crippen LogP contribution >= 0.6 is 0 Å². The molecule has 2 rings (SSSR count). The Hall–Kier alpha value is -2.09. The number of nitriles is 1. The predicted octanol–water partition coefficient (Wildman–Crippen LogP) is 1.97. The molecular weight excluding hydrogens is 228 g/mol. The van der Waals surface area contributed by atoms with Crippen LogP contribution in [0, 0.1) is 11.3 Å². The molecule has 2 aromatic rings. The highest BCUT2D eigenvalue weighted by atomic mass is 16.1. The summed E-state index contributed by atoms with van der Waals surface area (Å²) in [6.07, 6.45) is 3.46. The molecule has 0 amide bonds. The Morgan fingerprint density at radius 3 is 2.89 bits per heavy atom. The number of hydrogen-bond acceptors (Lipinski definition) is 3. The van der Waals surface area contributed by atoms with Crippen LogP contribution < -0.4 is 5.69 Å². The molecule has 0 radical (unpaired) electrons. The number of aromatic nitrogens is 3. The lowest BCUT2D eigenvalue weighted by molar-refractivity contribution is 0.490. The first kappa shape index (κ1) is 12.4. The summed E-state index contributed by atoms with van der Waals surface area (Å²) in [6, 6.07) is 3.87. The summed E-state index contributed by atoms with van der Waals surface area (Å²) < 4.78 is 3.26. The van der Waals surface area contributed by atoms with Crippen LogP contribution in [0.2, 0.25) is 0 Å². The molecule has 0 aliphatic rings. The van der Waals surface area contributed by atoms with E-state index in [1.807, 2.05) is 13.0 Å². The van der Waals surface area contributed by atoms with Gasteiger partial charge in [0, 0.05) is 19.3 Å². The molecule has 18 heavy (non-hydrogen) atoms. The third kappa shape index (κ3) is 1.80. The summed E-state index contributed by atoms with van der Waals surface area (Å²) >= 11 is 0. The van der Waals surface area contributed by atoms with Crippen LogP contribution in [-0.4, -0.2) is 14.1 Å². The fraction of sp³-hybridized carbons (Fsp3) is 0.462. The number of fused-ring (bicyclic) bond motifs is 1. The van der Waals surface area contributed by atoms with Gasteiger partial charge in [-0.3, -0.25) is 9.13 Å². The third-order valence-corrected chi connectivity index (χ3v) is 3.21. The maximum absolute atomic E-state index is 12.2. The number of aryl methyl sites for hydroxylation is 1. The van der Waals surface area contributed by atoms with Crippen molar-refractivity contribution in [1.82, 2.24) is 14.1 Å². The van der Waals surface area contributed by atoms with Crippen LogP contribution in [0.15, 0.2) is 17.1 Å². The van der Waals surface area contributed by atoms with Crippen LogP contribution in [0.5, 0.6) is 0 Å². The zero-order valence-electron chi connectivity index (χ0n) is 10.8. The normalized spacial score (nSPS) is 12.6. The zero-order valence-corrected chi connectivity index (χ0v) is 10.8. The maximum Gasteiger partial charge on any atom is 0.330 e. The first-order chi connectivity index (χ1) is 8.60. The lowest BCUT2D eigenvalue weighted by atomic mass is 10.2. The molecular formula is C13H16N4O. The van der Waals surface area contributed by atoms with Crippen molar-refractivity contribution in [2.45, 2.75) is 32.7 Å². The van der Waals surface area contributed by atoms with Gasteiger partial charge in [-0.1, -0.05) is 13.3 Å². The van der Waals surface area contributed by atoms with E-state index in [4.69, 9.17) is 5.26 Å². The van der Waals surface area contributed by atoms with E-state index in [1.165, 1.54) is 6.20 Å². The SMILES string of the molecule is CCCC(C)n1c(=O)n(C)c2cc(C#N)cnc21. The van der Waals surface area contributed by atoms with Gasteiger partial charge in [-0.2, -0.15) is 5.26 Å². The van der Waals surface area contributed by atoms with Crippen molar-refractivity contribution in [3.8, 4) is 6.07 Å². The highest BCUT2D eigenvalue weighted by molar-refractivity contribution is 5.73. The topological polar surface area (TPSA) is 63.6 Å². The fourth-order valence-corrected chi connectivity index (χ4v) is 2.24. The van der Waals surface area contributed by atoms with Crippen molar-refractivity contribution in [2.75, 3.05) is 0 Å². The number of nitrogens with zero attached hydrogens (tertiary/aromatic N) is 4. The predicted molar refractivity (Wildman–Crippen MR) is 69.3 cm³/mol. The minimum absolute atomic E-state index is 0.0754. The van der Waals surface area contributed by atoms with Crippen molar-refractivity contribution in [3.63, 3.8) is 0 Å². The van der Waals surface area contributed by atoms with Gasteiger partial charge in [0.2, 0.25) is 0 Å². The largest absolute Gasteiger partial charge is 0.330 e. The minimum Gasteiger partial charge on any atom is -0.293 e. The Morgan fingerprint density at radius 1 is 1.56 bits per heavy atom. The molecule has 0 spiro atoms. The number of rotatable bonds is 3. The molecule has 0 N–H and O–H groups in total. The van der Waals surface area contributed by atoms with Gasteiger partial charge in [0.15, 0.2) is 5.65 Å². The van der Waals surface area contributed by atoms with Crippen LogP contribution in [-0.2, 0) is 7.05 Å². The Kier molecular flexibility index (Phi) is 3.19. The molecule has 2 heterocycles. The quantitative estimate of drug-likeness (QED) is 0.829. The van der Waals surface area contributed by atoms with E-state index in [1.54, 1.807) is 22.2 Å². The summed E-state index contributed by atoms with van der Waals surface area (Å²) in [7, 11) is 1.71. The van der Waals surface area contributed by atoms with E-state index in [9.17, 15) is 4.79 Å². The number of pyridine rings is 1. The van der Waals surface area contributed by atoms with Crippen molar-refractivity contribution in [1.29, 1.82) is 5.26 Å². The molecule has 5 heteroatoms. The first-order valence-corrected chi connectivity index (χ1v) is 6.07. The smallest absolute Gasteiger partial charge is 0.293 e. The van der Waals surface area contributed by atoms with Gasteiger partial charge < -0.3 is 0 Å². The summed E-state index contributed by atoms with van der Waals surface area (Å²) in [5.41, 5.74) is 1.76. The van der Waals surface area contributed by atoms with Crippen LogP contribution in [0.3, 0.4) is 0 Å². The molecule has 0 bridgehead atoms. The van der Waals surface area contributed by atoms with Gasteiger partial charge in [-0.25, -0.2) is 9.78 Å². The lowest BCUT2D eigenvalue weighted by Gasteiger charge is -2.11. The molecule has 0 aliphatic heterocycles. The van der Waals surface area contributed by atoms with Crippen LogP contribution in [0.25, 0.3) is 11.2 Å². The summed E-state index contributed by atoms with van der Waals surface area (Å²) in [4.78, 5) is 16.5. The van der Waals surface area contributed by atoms with Crippen molar-refractivity contribution >= 4 is 11.2 Å². The molecule has 2 aromatic heterocycles. The van der Waals surface area contributed by atoms with E-state index in [0.29, 0.717) is 16.7 Å². The van der Waals surface area contributed by atoms with Gasteiger partial charge >= 0.3 is 5.69 Å². The summed E-state index contributed by atoms with van der Waals surface area (Å²) in [5, 5.41) is 8.87. The minimum atomic E-state index is -0.0754. The van der Waals surface area contributed by atoms with Crippen molar-refractivity contribution in [2.24, 2.45) is 7.05 Å². The average Bonchev–Trinajstić information content (AvgIpc) is 2.62.